The molecule has 0 unspecified atom stereocenters. The Balaban J connectivity index is 2.08. The smallest absolute Gasteiger partial charge is 0.270 e. The van der Waals surface area contributed by atoms with E-state index in [0.717, 1.165) is 22.5 Å². The van der Waals surface area contributed by atoms with Gasteiger partial charge in [0.2, 0.25) is 0 Å². The molecular weight excluding hydrogens is 406 g/mol. The van der Waals surface area contributed by atoms with Crippen molar-refractivity contribution in [3.8, 4) is 0 Å². The van der Waals surface area contributed by atoms with E-state index in [4.69, 9.17) is 23.8 Å². The molecule has 5 nitrogen and oxygen atoms in total. The number of nitrogens with one attached hydrogen (secondary N) is 1. The third-order valence-electron chi connectivity index (χ3n) is 4.96. The van der Waals surface area contributed by atoms with Gasteiger partial charge in [0.05, 0.1) is 5.69 Å². The Bertz CT molecular complexity index is 1080. The fraction of sp³-hybridized carbons (Fsp3) is 0.318. The van der Waals surface area contributed by atoms with Gasteiger partial charge in [0.1, 0.15) is 5.57 Å². The van der Waals surface area contributed by atoms with E-state index in [-0.39, 0.29) is 16.2 Å². The van der Waals surface area contributed by atoms with Gasteiger partial charge in [0.25, 0.3) is 11.8 Å². The lowest BCUT2D eigenvalue weighted by Gasteiger charge is -2.29. The highest BCUT2D eigenvalue weighted by Gasteiger charge is 2.35. The minimum Gasteiger partial charge on any atom is -0.343 e. The summed E-state index contributed by atoms with van der Waals surface area (Å²) in [5, 5.41) is 3.17. The third kappa shape index (κ3) is 3.87. The van der Waals surface area contributed by atoms with Crippen molar-refractivity contribution in [1.29, 1.82) is 0 Å². The van der Waals surface area contributed by atoms with E-state index >= 15 is 0 Å². The number of nitrogens with zero attached hydrogens (tertiary/aromatic N) is 2. The zero-order valence-electron chi connectivity index (χ0n) is 17.4. The molecule has 152 valence electrons. The molecule has 1 saturated heterocycles. The lowest BCUT2D eigenvalue weighted by molar-refractivity contribution is -0.122. The molecule has 7 heteroatoms. The zero-order valence-corrected chi connectivity index (χ0v) is 19.0. The van der Waals surface area contributed by atoms with E-state index < -0.39 is 11.8 Å². The lowest BCUT2D eigenvalue weighted by Crippen LogP contribution is -2.54. The van der Waals surface area contributed by atoms with Crippen LogP contribution in [-0.2, 0) is 15.1 Å². The number of aromatic nitrogens is 1. The number of anilines is 1. The fourth-order valence-electron chi connectivity index (χ4n) is 3.73. The first-order chi connectivity index (χ1) is 13.4. The maximum atomic E-state index is 13.2. The van der Waals surface area contributed by atoms with Crippen LogP contribution in [-0.4, -0.2) is 21.5 Å². The van der Waals surface area contributed by atoms with Gasteiger partial charge in [-0.05, 0) is 89.2 Å². The largest absolute Gasteiger partial charge is 0.343 e. The van der Waals surface area contributed by atoms with Gasteiger partial charge < -0.3 is 4.57 Å². The molecule has 1 fully saturated rings. The number of halogens is 1. The summed E-state index contributed by atoms with van der Waals surface area (Å²) < 4.78 is 2.19. The van der Waals surface area contributed by atoms with E-state index in [2.05, 4.69) is 30.7 Å². The molecule has 1 aliphatic rings. The summed E-state index contributed by atoms with van der Waals surface area (Å²) in [5.74, 6) is -0.978. The molecule has 1 aromatic heterocycles. The third-order valence-corrected chi connectivity index (χ3v) is 5.65. The Labute approximate surface area is 181 Å². The van der Waals surface area contributed by atoms with E-state index in [1.807, 2.05) is 32.9 Å². The Morgan fingerprint density at radius 2 is 1.76 bits per heavy atom. The van der Waals surface area contributed by atoms with Gasteiger partial charge in [-0.15, -0.1) is 0 Å². The zero-order chi connectivity index (χ0) is 21.7. The molecule has 0 bridgehead atoms. The summed E-state index contributed by atoms with van der Waals surface area (Å²) in [4.78, 5) is 27.1. The van der Waals surface area contributed by atoms with Crippen LogP contribution < -0.4 is 10.2 Å². The highest BCUT2D eigenvalue weighted by atomic mass is 35.5. The van der Waals surface area contributed by atoms with E-state index in [1.165, 1.54) is 4.90 Å². The maximum Gasteiger partial charge on any atom is 0.270 e. The second-order valence-electron chi connectivity index (χ2n) is 8.22. The van der Waals surface area contributed by atoms with Crippen LogP contribution in [0.15, 0.2) is 29.8 Å². The molecule has 1 N–H and O–H groups in total. The van der Waals surface area contributed by atoms with Crippen LogP contribution in [0.2, 0.25) is 5.02 Å². The van der Waals surface area contributed by atoms with E-state index in [1.54, 1.807) is 18.2 Å². The molecule has 0 radical (unpaired) electrons. The van der Waals surface area contributed by atoms with Crippen molar-refractivity contribution >= 4 is 52.5 Å². The Hall–Kier alpha value is -2.44. The molecule has 0 aliphatic carbocycles. The predicted octanol–water partition coefficient (Wildman–Crippen LogP) is 4.65. The highest BCUT2D eigenvalue weighted by molar-refractivity contribution is 7.80. The first-order valence-corrected chi connectivity index (χ1v) is 10.1. The average molecular weight is 430 g/mol. The van der Waals surface area contributed by atoms with Crippen LogP contribution in [0.4, 0.5) is 5.69 Å². The molecule has 3 rings (SSSR count). The number of amides is 2. The summed E-state index contributed by atoms with van der Waals surface area (Å²) in [5.41, 5.74) is 4.19. The van der Waals surface area contributed by atoms with Crippen molar-refractivity contribution in [2.24, 2.45) is 0 Å². The van der Waals surface area contributed by atoms with Crippen LogP contribution in [0.5, 0.6) is 0 Å². The summed E-state index contributed by atoms with van der Waals surface area (Å²) in [6, 6.07) is 7.21. The summed E-state index contributed by atoms with van der Waals surface area (Å²) >= 11 is 11.5. The highest BCUT2D eigenvalue weighted by Crippen LogP contribution is 2.29. The molecule has 0 atom stereocenters. The molecule has 1 aliphatic heterocycles. The van der Waals surface area contributed by atoms with Crippen molar-refractivity contribution in [3.63, 3.8) is 0 Å². The number of hydrogen-bond acceptors (Lipinski definition) is 3. The summed E-state index contributed by atoms with van der Waals surface area (Å²) in [6.07, 6.45) is 1.63. The SMILES string of the molecule is Cc1ccc(N2C(=O)/C(=C/c3cc(C)n(C(C)(C)C)c3C)C(=O)NC2=S)cc1Cl. The van der Waals surface area contributed by atoms with Crippen molar-refractivity contribution in [3.05, 3.63) is 57.4 Å². The number of carbonyl (C=O) groups excluding carboxylic acids is 2. The van der Waals surface area contributed by atoms with Gasteiger partial charge in [-0.3, -0.25) is 19.8 Å². The van der Waals surface area contributed by atoms with Gasteiger partial charge >= 0.3 is 0 Å². The summed E-state index contributed by atoms with van der Waals surface area (Å²) in [7, 11) is 0. The molecule has 1 aromatic carbocycles. The van der Waals surface area contributed by atoms with Gasteiger partial charge in [0, 0.05) is 21.9 Å². The first-order valence-electron chi connectivity index (χ1n) is 9.29. The number of hydrogen-bond donors (Lipinski definition) is 1. The maximum absolute atomic E-state index is 13.2. The minimum atomic E-state index is -0.505. The molecule has 29 heavy (non-hydrogen) atoms. The molecule has 0 spiro atoms. The number of thiocarbonyl (C=S) groups is 1. The molecule has 2 heterocycles. The van der Waals surface area contributed by atoms with Crippen LogP contribution in [0.3, 0.4) is 0 Å². The van der Waals surface area contributed by atoms with Crippen LogP contribution in [0, 0.1) is 20.8 Å². The topological polar surface area (TPSA) is 54.3 Å². The first kappa shape index (κ1) is 21.3. The van der Waals surface area contributed by atoms with Crippen molar-refractivity contribution in [2.75, 3.05) is 4.90 Å². The van der Waals surface area contributed by atoms with Crippen LogP contribution >= 0.6 is 23.8 Å². The molecular formula is C22H24ClN3O2S. The second-order valence-corrected chi connectivity index (χ2v) is 9.02. The number of aryl methyl sites for hydroxylation is 2. The monoisotopic (exact) mass is 429 g/mol. The number of benzene rings is 1. The van der Waals surface area contributed by atoms with Gasteiger partial charge in [-0.25, -0.2) is 0 Å². The predicted molar refractivity (Wildman–Crippen MR) is 121 cm³/mol. The Morgan fingerprint density at radius 3 is 2.31 bits per heavy atom. The van der Waals surface area contributed by atoms with Crippen LogP contribution in [0.1, 0.15) is 43.3 Å². The average Bonchev–Trinajstić information content (AvgIpc) is 2.88. The number of rotatable bonds is 2. The normalized spacial score (nSPS) is 16.6. The lowest BCUT2D eigenvalue weighted by atomic mass is 10.1. The molecule has 2 amide bonds. The van der Waals surface area contributed by atoms with Crippen LogP contribution in [0.25, 0.3) is 6.08 Å². The van der Waals surface area contributed by atoms with Crippen molar-refractivity contribution < 1.29 is 9.59 Å². The van der Waals surface area contributed by atoms with Gasteiger partial charge in [-0.1, -0.05) is 17.7 Å². The van der Waals surface area contributed by atoms with E-state index in [9.17, 15) is 9.59 Å². The Morgan fingerprint density at radius 1 is 1.10 bits per heavy atom. The molecule has 0 saturated carbocycles. The van der Waals surface area contributed by atoms with Crippen molar-refractivity contribution in [1.82, 2.24) is 9.88 Å². The minimum absolute atomic E-state index is 0.0319. The van der Waals surface area contributed by atoms with Gasteiger partial charge in [0.15, 0.2) is 5.11 Å². The molecule has 2 aromatic rings. The Kier molecular flexibility index (Phi) is 5.45. The van der Waals surface area contributed by atoms with Gasteiger partial charge in [-0.2, -0.15) is 0 Å². The van der Waals surface area contributed by atoms with Crippen molar-refractivity contribution in [2.45, 2.75) is 47.1 Å². The van der Waals surface area contributed by atoms with E-state index in [0.29, 0.717) is 10.7 Å². The number of carbonyl (C=O) groups is 2. The standard InChI is InChI=1S/C22H24ClN3O2S/c1-12-7-8-16(11-18(12)23)25-20(28)17(19(27)24-21(25)29)10-15-9-13(2)26(14(15)3)22(4,5)6/h7-11H,1-6H3,(H,24,27,29)/b17-10+. The quantitative estimate of drug-likeness (QED) is 0.429. The fourth-order valence-corrected chi connectivity index (χ4v) is 4.19. The summed E-state index contributed by atoms with van der Waals surface area (Å²) in [6.45, 7) is 12.2. The second kappa shape index (κ2) is 7.43.